The van der Waals surface area contributed by atoms with Gasteiger partial charge >= 0.3 is 18.0 Å². The molecule has 0 aromatic heterocycles. The number of nitrogens with zero attached hydrogens (tertiary/aromatic N) is 1. The summed E-state index contributed by atoms with van der Waals surface area (Å²) in [6.45, 7) is -0.0947. The van der Waals surface area contributed by atoms with E-state index in [4.69, 9.17) is 4.74 Å². The normalized spacial score (nSPS) is 17.1. The molecular weight excluding hydrogens is 394 g/mol. The second-order valence-corrected chi connectivity index (χ2v) is 7.22. The maximum atomic E-state index is 12.6. The van der Waals surface area contributed by atoms with Crippen LogP contribution in [-0.4, -0.2) is 61.0 Å². The van der Waals surface area contributed by atoms with Crippen LogP contribution in [0.1, 0.15) is 52.8 Å². The number of amides is 4. The van der Waals surface area contributed by atoms with Crippen LogP contribution in [0.4, 0.5) is 10.5 Å². The topological polar surface area (TPSA) is 131 Å². The number of imide groups is 1. The monoisotopic (exact) mass is 417 g/mol. The number of hydrogen-bond acceptors (Lipinski definition) is 7. The van der Waals surface area contributed by atoms with E-state index in [9.17, 15) is 24.0 Å². The number of benzene rings is 1. The second-order valence-electron chi connectivity index (χ2n) is 7.22. The molecule has 1 saturated heterocycles. The van der Waals surface area contributed by atoms with Crippen LogP contribution in [0, 0.1) is 0 Å². The molecule has 0 bridgehead atoms. The lowest BCUT2D eigenvalue weighted by Gasteiger charge is -2.20. The molecule has 1 aromatic carbocycles. The molecule has 30 heavy (non-hydrogen) atoms. The maximum absolute atomic E-state index is 12.6. The summed E-state index contributed by atoms with van der Waals surface area (Å²) in [5.74, 6) is -2.17. The fourth-order valence-corrected chi connectivity index (χ4v) is 3.80. The molecule has 0 radical (unpaired) electrons. The molecule has 1 aliphatic heterocycles. The van der Waals surface area contributed by atoms with Crippen LogP contribution in [0.25, 0.3) is 0 Å². The average molecular weight is 417 g/mol. The van der Waals surface area contributed by atoms with Crippen molar-refractivity contribution in [2.24, 2.45) is 0 Å². The smallest absolute Gasteiger partial charge is 0.339 e. The van der Waals surface area contributed by atoms with E-state index in [1.54, 1.807) is 0 Å². The summed E-state index contributed by atoms with van der Waals surface area (Å²) in [5.41, 5.74) is -0.573. The summed E-state index contributed by atoms with van der Waals surface area (Å²) in [4.78, 5) is 62.1. The molecule has 1 aliphatic carbocycles. The Morgan fingerprint density at radius 2 is 1.77 bits per heavy atom. The van der Waals surface area contributed by atoms with Crippen LogP contribution in [-0.2, 0) is 19.1 Å². The zero-order chi connectivity index (χ0) is 21.9. The molecule has 1 spiro atoms. The fourth-order valence-electron chi connectivity index (χ4n) is 3.80. The summed E-state index contributed by atoms with van der Waals surface area (Å²) in [5, 5.41) is 5.30. The Morgan fingerprint density at radius 1 is 1.10 bits per heavy atom. The van der Waals surface area contributed by atoms with Crippen molar-refractivity contribution < 1.29 is 33.4 Å². The summed E-state index contributed by atoms with van der Waals surface area (Å²) in [6.07, 6.45) is 2.77. The number of rotatable bonds is 6. The van der Waals surface area contributed by atoms with Gasteiger partial charge in [-0.1, -0.05) is 12.8 Å². The van der Waals surface area contributed by atoms with Gasteiger partial charge in [-0.15, -0.1) is 0 Å². The van der Waals surface area contributed by atoms with Gasteiger partial charge in [-0.25, -0.2) is 14.4 Å². The van der Waals surface area contributed by atoms with Gasteiger partial charge in [0.25, 0.3) is 5.91 Å². The highest BCUT2D eigenvalue weighted by Gasteiger charge is 2.52. The van der Waals surface area contributed by atoms with Gasteiger partial charge in [0, 0.05) is 13.0 Å². The zero-order valence-corrected chi connectivity index (χ0v) is 16.8. The first kappa shape index (κ1) is 21.3. The van der Waals surface area contributed by atoms with Crippen molar-refractivity contribution in [2.45, 2.75) is 37.6 Å². The number of hydrogen-bond donors (Lipinski definition) is 2. The molecule has 0 atom stereocenters. The highest BCUT2D eigenvalue weighted by Crippen LogP contribution is 2.35. The second kappa shape index (κ2) is 8.52. The van der Waals surface area contributed by atoms with Crippen molar-refractivity contribution in [1.82, 2.24) is 10.2 Å². The Hall–Kier alpha value is -3.43. The molecule has 10 nitrogen and oxygen atoms in total. The lowest BCUT2D eigenvalue weighted by Crippen LogP contribution is -2.44. The Balaban J connectivity index is 1.69. The van der Waals surface area contributed by atoms with Crippen LogP contribution in [0.5, 0.6) is 0 Å². The van der Waals surface area contributed by atoms with E-state index in [1.807, 2.05) is 0 Å². The Kier molecular flexibility index (Phi) is 6.04. The fraction of sp³-hybridized carbons (Fsp3) is 0.450. The van der Waals surface area contributed by atoms with Crippen LogP contribution < -0.4 is 10.6 Å². The summed E-state index contributed by atoms with van der Waals surface area (Å²) in [7, 11) is 2.41. The third-order valence-electron chi connectivity index (χ3n) is 5.39. The lowest BCUT2D eigenvalue weighted by atomic mass is 9.98. The molecule has 2 aliphatic rings. The van der Waals surface area contributed by atoms with Crippen molar-refractivity contribution in [3.8, 4) is 0 Å². The third-order valence-corrected chi connectivity index (χ3v) is 5.39. The van der Waals surface area contributed by atoms with Crippen molar-refractivity contribution >= 4 is 35.5 Å². The van der Waals surface area contributed by atoms with Crippen LogP contribution >= 0.6 is 0 Å². The van der Waals surface area contributed by atoms with Gasteiger partial charge in [0.05, 0.1) is 31.0 Å². The van der Waals surface area contributed by atoms with Crippen LogP contribution in [0.3, 0.4) is 0 Å². The van der Waals surface area contributed by atoms with Crippen molar-refractivity contribution in [3.05, 3.63) is 29.3 Å². The Morgan fingerprint density at radius 3 is 2.40 bits per heavy atom. The number of anilines is 1. The van der Waals surface area contributed by atoms with Crippen LogP contribution in [0.15, 0.2) is 18.2 Å². The number of carbonyl (C=O) groups is 5. The SMILES string of the molecule is COC(=O)c1ccc(C(=O)OC)c(NC(=O)CCN2C(=O)NC3(CCCC3)C2=O)c1. The summed E-state index contributed by atoms with van der Waals surface area (Å²) >= 11 is 0. The third kappa shape index (κ3) is 3.98. The number of ether oxygens (including phenoxy) is 2. The average Bonchev–Trinajstić information content (AvgIpc) is 3.30. The van der Waals surface area contributed by atoms with Gasteiger partial charge in [-0.3, -0.25) is 14.5 Å². The molecule has 0 unspecified atom stereocenters. The van der Waals surface area contributed by atoms with Gasteiger partial charge in [0.15, 0.2) is 0 Å². The van der Waals surface area contributed by atoms with Crippen molar-refractivity contribution in [3.63, 3.8) is 0 Å². The number of esters is 2. The molecule has 1 aromatic rings. The number of methoxy groups -OCH3 is 2. The molecule has 10 heteroatoms. The molecular formula is C20H23N3O7. The number of nitrogens with one attached hydrogen (secondary N) is 2. The van der Waals surface area contributed by atoms with E-state index < -0.39 is 29.4 Å². The van der Waals surface area contributed by atoms with E-state index in [-0.39, 0.29) is 35.7 Å². The summed E-state index contributed by atoms with van der Waals surface area (Å²) in [6, 6.07) is 3.52. The lowest BCUT2D eigenvalue weighted by molar-refractivity contribution is -0.131. The molecule has 3 rings (SSSR count). The van der Waals surface area contributed by atoms with E-state index in [1.165, 1.54) is 32.4 Å². The van der Waals surface area contributed by atoms with E-state index in [2.05, 4.69) is 15.4 Å². The van der Waals surface area contributed by atoms with Gasteiger partial charge in [-0.2, -0.15) is 0 Å². The van der Waals surface area contributed by atoms with E-state index >= 15 is 0 Å². The van der Waals surface area contributed by atoms with E-state index in [0.29, 0.717) is 12.8 Å². The Labute approximate surface area is 172 Å². The first-order valence-electron chi connectivity index (χ1n) is 9.56. The summed E-state index contributed by atoms with van der Waals surface area (Å²) < 4.78 is 9.35. The predicted molar refractivity (Wildman–Crippen MR) is 104 cm³/mol. The maximum Gasteiger partial charge on any atom is 0.339 e. The van der Waals surface area contributed by atoms with Gasteiger partial charge < -0.3 is 20.1 Å². The first-order valence-corrected chi connectivity index (χ1v) is 9.56. The van der Waals surface area contributed by atoms with Gasteiger partial charge in [-0.05, 0) is 31.0 Å². The van der Waals surface area contributed by atoms with Crippen LogP contribution in [0.2, 0.25) is 0 Å². The first-order chi connectivity index (χ1) is 14.3. The molecule has 2 N–H and O–H groups in total. The largest absolute Gasteiger partial charge is 0.465 e. The minimum atomic E-state index is -0.833. The quantitative estimate of drug-likeness (QED) is 0.529. The standard InChI is InChI=1S/C20H23N3O7/c1-29-16(25)12-5-6-13(17(26)30-2)14(11-12)21-15(24)7-10-23-18(27)20(22-19(23)28)8-3-4-9-20/h5-6,11H,3-4,7-10H2,1-2H3,(H,21,24)(H,22,28). The molecule has 1 heterocycles. The van der Waals surface area contributed by atoms with Gasteiger partial charge in [0.1, 0.15) is 5.54 Å². The van der Waals surface area contributed by atoms with E-state index in [0.717, 1.165) is 17.7 Å². The minimum absolute atomic E-state index is 0.0541. The van der Waals surface area contributed by atoms with Gasteiger partial charge in [0.2, 0.25) is 5.91 Å². The molecule has 4 amide bonds. The predicted octanol–water partition coefficient (Wildman–Crippen LogP) is 1.45. The molecule has 160 valence electrons. The number of urea groups is 1. The Bertz CT molecular complexity index is 906. The van der Waals surface area contributed by atoms with Crippen molar-refractivity contribution in [2.75, 3.05) is 26.1 Å². The highest BCUT2D eigenvalue weighted by atomic mass is 16.5. The molecule has 2 fully saturated rings. The number of carbonyl (C=O) groups excluding carboxylic acids is 5. The highest BCUT2D eigenvalue weighted by molar-refractivity contribution is 6.08. The van der Waals surface area contributed by atoms with Crippen molar-refractivity contribution in [1.29, 1.82) is 0 Å². The minimum Gasteiger partial charge on any atom is -0.465 e. The zero-order valence-electron chi connectivity index (χ0n) is 16.8. The molecule has 1 saturated carbocycles.